The molecule has 0 fully saturated rings. The minimum absolute atomic E-state index is 0.121. The van der Waals surface area contributed by atoms with Crippen molar-refractivity contribution in [2.75, 3.05) is 5.32 Å². The summed E-state index contributed by atoms with van der Waals surface area (Å²) in [4.78, 5) is 4.06. The van der Waals surface area contributed by atoms with Gasteiger partial charge in [0.2, 0.25) is 0 Å². The third-order valence-electron chi connectivity index (χ3n) is 1.49. The molecule has 0 spiro atoms. The van der Waals surface area contributed by atoms with Crippen LogP contribution in [0.15, 0.2) is 29.3 Å². The number of guanidine groups is 1. The van der Waals surface area contributed by atoms with Crippen LogP contribution in [0.5, 0.6) is 0 Å². The Morgan fingerprint density at radius 3 is 2.79 bits per heavy atom. The molecule has 4 heteroatoms. The molecule has 0 aliphatic rings. The van der Waals surface area contributed by atoms with Gasteiger partial charge in [0, 0.05) is 11.7 Å². The second-order valence-electron chi connectivity index (χ2n) is 3.24. The Balaban J connectivity index is 2.69. The number of benzene rings is 1. The Hall–Kier alpha value is -1.58. The predicted molar refractivity (Wildman–Crippen MR) is 56.8 cm³/mol. The second kappa shape index (κ2) is 4.60. The van der Waals surface area contributed by atoms with Gasteiger partial charge in [0.1, 0.15) is 5.82 Å². The normalized spacial score (nSPS) is 11.9. The molecular formula is C10H14FN3. The molecule has 1 rings (SSSR count). The van der Waals surface area contributed by atoms with E-state index in [1.807, 2.05) is 13.8 Å². The number of rotatable bonds is 2. The molecule has 1 aromatic carbocycles. The number of nitrogens with two attached hydrogens (primary N) is 1. The van der Waals surface area contributed by atoms with Crippen molar-refractivity contribution in [2.24, 2.45) is 10.7 Å². The third-order valence-corrected chi connectivity index (χ3v) is 1.49. The van der Waals surface area contributed by atoms with E-state index in [0.29, 0.717) is 11.6 Å². The van der Waals surface area contributed by atoms with Crippen molar-refractivity contribution >= 4 is 11.6 Å². The van der Waals surface area contributed by atoms with Gasteiger partial charge in [-0.25, -0.2) is 4.39 Å². The smallest absolute Gasteiger partial charge is 0.193 e. The van der Waals surface area contributed by atoms with Crippen LogP contribution in [0, 0.1) is 5.82 Å². The van der Waals surface area contributed by atoms with E-state index in [4.69, 9.17) is 5.73 Å². The van der Waals surface area contributed by atoms with Crippen molar-refractivity contribution in [2.45, 2.75) is 19.9 Å². The standard InChI is InChI=1S/C10H14FN3/c1-7(2)13-10(12)14-9-5-3-4-8(11)6-9/h3-7H,1-2H3,(H3,12,13,14). The molecule has 0 aliphatic heterocycles. The number of hydrogen-bond donors (Lipinski definition) is 2. The Kier molecular flexibility index (Phi) is 3.45. The first-order valence-corrected chi connectivity index (χ1v) is 4.44. The maximum atomic E-state index is 12.8. The van der Waals surface area contributed by atoms with Crippen LogP contribution in [0.25, 0.3) is 0 Å². The highest BCUT2D eigenvalue weighted by Gasteiger charge is 1.97. The fourth-order valence-corrected chi connectivity index (χ4v) is 1.02. The minimum Gasteiger partial charge on any atom is -0.370 e. The Labute approximate surface area is 82.8 Å². The summed E-state index contributed by atoms with van der Waals surface area (Å²) < 4.78 is 12.8. The van der Waals surface area contributed by atoms with Gasteiger partial charge < -0.3 is 11.1 Å². The van der Waals surface area contributed by atoms with Gasteiger partial charge >= 0.3 is 0 Å². The van der Waals surface area contributed by atoms with Crippen molar-refractivity contribution in [3.05, 3.63) is 30.1 Å². The van der Waals surface area contributed by atoms with E-state index in [-0.39, 0.29) is 11.9 Å². The Morgan fingerprint density at radius 1 is 1.50 bits per heavy atom. The highest BCUT2D eigenvalue weighted by Crippen LogP contribution is 2.08. The zero-order chi connectivity index (χ0) is 10.6. The number of anilines is 1. The molecule has 0 aliphatic carbocycles. The maximum Gasteiger partial charge on any atom is 0.193 e. The van der Waals surface area contributed by atoms with Gasteiger partial charge in [-0.3, -0.25) is 4.99 Å². The molecule has 0 atom stereocenters. The molecular weight excluding hydrogens is 181 g/mol. The van der Waals surface area contributed by atoms with Crippen molar-refractivity contribution in [3.8, 4) is 0 Å². The van der Waals surface area contributed by atoms with E-state index in [0.717, 1.165) is 0 Å². The molecule has 0 unspecified atom stereocenters. The molecule has 3 N–H and O–H groups in total. The van der Waals surface area contributed by atoms with Gasteiger partial charge in [-0.1, -0.05) is 6.07 Å². The first kappa shape index (κ1) is 10.5. The largest absolute Gasteiger partial charge is 0.370 e. The fraction of sp³-hybridized carbons (Fsp3) is 0.300. The van der Waals surface area contributed by atoms with E-state index in [2.05, 4.69) is 10.3 Å². The minimum atomic E-state index is -0.299. The molecule has 76 valence electrons. The van der Waals surface area contributed by atoms with Crippen molar-refractivity contribution in [3.63, 3.8) is 0 Å². The van der Waals surface area contributed by atoms with Gasteiger partial charge in [0.05, 0.1) is 0 Å². The van der Waals surface area contributed by atoms with Gasteiger partial charge in [-0.2, -0.15) is 0 Å². The Morgan fingerprint density at radius 2 is 2.21 bits per heavy atom. The average Bonchev–Trinajstić information content (AvgIpc) is 2.01. The van der Waals surface area contributed by atoms with Crippen LogP contribution in [0.4, 0.5) is 10.1 Å². The van der Waals surface area contributed by atoms with Crippen molar-refractivity contribution in [1.82, 2.24) is 0 Å². The van der Waals surface area contributed by atoms with Gasteiger partial charge in [-0.05, 0) is 32.0 Å². The Bertz CT molecular complexity index is 334. The molecule has 0 amide bonds. The summed E-state index contributed by atoms with van der Waals surface area (Å²) in [6.45, 7) is 3.83. The highest BCUT2D eigenvalue weighted by atomic mass is 19.1. The van der Waals surface area contributed by atoms with Crippen LogP contribution in [-0.4, -0.2) is 12.0 Å². The first-order chi connectivity index (χ1) is 6.58. The van der Waals surface area contributed by atoms with E-state index < -0.39 is 0 Å². The van der Waals surface area contributed by atoms with Crippen LogP contribution in [0.3, 0.4) is 0 Å². The molecule has 0 bridgehead atoms. The molecule has 14 heavy (non-hydrogen) atoms. The summed E-state index contributed by atoms with van der Waals surface area (Å²) in [7, 11) is 0. The number of aliphatic imine (C=N–C) groups is 1. The lowest BCUT2D eigenvalue weighted by Crippen LogP contribution is -2.23. The highest BCUT2D eigenvalue weighted by molar-refractivity contribution is 5.92. The van der Waals surface area contributed by atoms with Crippen LogP contribution in [0.1, 0.15) is 13.8 Å². The summed E-state index contributed by atoms with van der Waals surface area (Å²) in [6.07, 6.45) is 0. The zero-order valence-electron chi connectivity index (χ0n) is 8.29. The van der Waals surface area contributed by atoms with Gasteiger partial charge in [-0.15, -0.1) is 0 Å². The fourth-order valence-electron chi connectivity index (χ4n) is 1.02. The van der Waals surface area contributed by atoms with E-state index in [1.165, 1.54) is 12.1 Å². The summed E-state index contributed by atoms with van der Waals surface area (Å²) in [6, 6.07) is 6.20. The third kappa shape index (κ3) is 3.43. The maximum absolute atomic E-state index is 12.8. The van der Waals surface area contributed by atoms with Gasteiger partial charge in [0.25, 0.3) is 0 Å². The summed E-state index contributed by atoms with van der Waals surface area (Å²) in [5.41, 5.74) is 6.18. The van der Waals surface area contributed by atoms with Crippen LogP contribution in [0.2, 0.25) is 0 Å². The van der Waals surface area contributed by atoms with E-state index in [1.54, 1.807) is 12.1 Å². The molecule has 1 aromatic rings. The average molecular weight is 195 g/mol. The molecule has 3 nitrogen and oxygen atoms in total. The van der Waals surface area contributed by atoms with E-state index in [9.17, 15) is 4.39 Å². The van der Waals surface area contributed by atoms with E-state index >= 15 is 0 Å². The lowest BCUT2D eigenvalue weighted by Gasteiger charge is -2.06. The molecule has 0 radical (unpaired) electrons. The first-order valence-electron chi connectivity index (χ1n) is 4.44. The summed E-state index contributed by atoms with van der Waals surface area (Å²) in [5, 5.41) is 2.80. The lowest BCUT2D eigenvalue weighted by molar-refractivity contribution is 0.628. The quantitative estimate of drug-likeness (QED) is 0.560. The molecule has 0 saturated heterocycles. The van der Waals surface area contributed by atoms with Crippen molar-refractivity contribution < 1.29 is 4.39 Å². The molecule has 0 saturated carbocycles. The molecule has 0 heterocycles. The van der Waals surface area contributed by atoms with Crippen LogP contribution >= 0.6 is 0 Å². The van der Waals surface area contributed by atoms with Crippen LogP contribution in [-0.2, 0) is 0 Å². The monoisotopic (exact) mass is 195 g/mol. The number of halogens is 1. The van der Waals surface area contributed by atoms with Crippen LogP contribution < -0.4 is 11.1 Å². The second-order valence-corrected chi connectivity index (χ2v) is 3.24. The predicted octanol–water partition coefficient (Wildman–Crippen LogP) is 1.96. The lowest BCUT2D eigenvalue weighted by atomic mass is 10.3. The zero-order valence-corrected chi connectivity index (χ0v) is 8.29. The number of hydrogen-bond acceptors (Lipinski definition) is 1. The SMILES string of the molecule is CC(C)N=C(N)Nc1cccc(F)c1. The number of nitrogens with one attached hydrogen (secondary N) is 1. The van der Waals surface area contributed by atoms with Crippen molar-refractivity contribution in [1.29, 1.82) is 0 Å². The topological polar surface area (TPSA) is 50.4 Å². The number of nitrogens with zero attached hydrogens (tertiary/aromatic N) is 1. The molecule has 0 aromatic heterocycles. The summed E-state index contributed by atoms with van der Waals surface area (Å²) in [5.74, 6) is -0.00190. The van der Waals surface area contributed by atoms with Gasteiger partial charge in [0.15, 0.2) is 5.96 Å². The summed E-state index contributed by atoms with van der Waals surface area (Å²) >= 11 is 0.